The summed E-state index contributed by atoms with van der Waals surface area (Å²) in [6.07, 6.45) is 1.69. The minimum Gasteiger partial charge on any atom is -0.438 e. The highest BCUT2D eigenvalue weighted by Gasteiger charge is 2.03. The van der Waals surface area contributed by atoms with E-state index in [0.29, 0.717) is 12.5 Å². The Morgan fingerprint density at radius 3 is 2.88 bits per heavy atom. The predicted molar refractivity (Wildman–Crippen MR) is 69.2 cm³/mol. The Hall–Kier alpha value is -1.39. The average molecular weight is 294 g/mol. The molecule has 0 spiro atoms. The van der Waals surface area contributed by atoms with E-state index in [1.807, 2.05) is 36.4 Å². The number of pyridine rings is 1. The van der Waals surface area contributed by atoms with Crippen LogP contribution in [0.3, 0.4) is 0 Å². The van der Waals surface area contributed by atoms with E-state index < -0.39 is 0 Å². The van der Waals surface area contributed by atoms with Crippen LogP contribution < -0.4 is 4.74 Å². The van der Waals surface area contributed by atoms with Gasteiger partial charge in [0.05, 0.1) is 11.1 Å². The Labute approximate surface area is 109 Å². The summed E-state index contributed by atoms with van der Waals surface area (Å²) in [6, 6.07) is 11.5. The maximum absolute atomic E-state index is 5.68. The Morgan fingerprint density at radius 2 is 2.12 bits per heavy atom. The van der Waals surface area contributed by atoms with E-state index in [1.165, 1.54) is 0 Å². The monoisotopic (exact) mass is 293 g/mol. The van der Waals surface area contributed by atoms with Crippen molar-refractivity contribution in [1.29, 1.82) is 0 Å². The van der Waals surface area contributed by atoms with Gasteiger partial charge in [0.1, 0.15) is 5.75 Å². The summed E-state index contributed by atoms with van der Waals surface area (Å²) in [4.78, 5) is 4.15. The van der Waals surface area contributed by atoms with Gasteiger partial charge in [-0.25, -0.2) is 4.98 Å². The number of benzene rings is 1. The van der Waals surface area contributed by atoms with Gasteiger partial charge in [-0.15, -0.1) is 0 Å². The molecule has 2 aromatic rings. The molecule has 0 aliphatic carbocycles. The van der Waals surface area contributed by atoms with Gasteiger partial charge in [0.2, 0.25) is 5.88 Å². The van der Waals surface area contributed by atoms with E-state index in [9.17, 15) is 0 Å². The molecule has 3 nitrogen and oxygen atoms in total. The highest BCUT2D eigenvalue weighted by molar-refractivity contribution is 9.10. The maximum atomic E-state index is 5.68. The molecule has 0 aliphatic heterocycles. The van der Waals surface area contributed by atoms with E-state index >= 15 is 0 Å². The SMILES string of the molecule is COCc1cccc(Oc2ncccc2Br)c1. The third-order valence-corrected chi connectivity index (χ3v) is 2.75. The van der Waals surface area contributed by atoms with Crippen LogP contribution in [0.5, 0.6) is 11.6 Å². The molecule has 88 valence electrons. The lowest BCUT2D eigenvalue weighted by Gasteiger charge is -2.07. The van der Waals surface area contributed by atoms with Crippen molar-refractivity contribution >= 4 is 15.9 Å². The topological polar surface area (TPSA) is 31.4 Å². The summed E-state index contributed by atoms with van der Waals surface area (Å²) in [5.74, 6) is 1.31. The Balaban J connectivity index is 2.18. The lowest BCUT2D eigenvalue weighted by atomic mass is 10.2. The number of rotatable bonds is 4. The van der Waals surface area contributed by atoms with Gasteiger partial charge < -0.3 is 9.47 Å². The van der Waals surface area contributed by atoms with Gasteiger partial charge in [-0.05, 0) is 45.8 Å². The smallest absolute Gasteiger partial charge is 0.233 e. The summed E-state index contributed by atoms with van der Waals surface area (Å²) in [5, 5.41) is 0. The van der Waals surface area contributed by atoms with Crippen molar-refractivity contribution in [2.75, 3.05) is 7.11 Å². The Bertz CT molecular complexity index is 502. The van der Waals surface area contributed by atoms with Crippen molar-refractivity contribution in [3.63, 3.8) is 0 Å². The molecule has 1 aromatic heterocycles. The number of hydrogen-bond acceptors (Lipinski definition) is 3. The van der Waals surface area contributed by atoms with Crippen LogP contribution in [0.4, 0.5) is 0 Å². The van der Waals surface area contributed by atoms with Crippen molar-refractivity contribution < 1.29 is 9.47 Å². The summed E-state index contributed by atoms with van der Waals surface area (Å²) in [5.41, 5.74) is 1.07. The zero-order valence-corrected chi connectivity index (χ0v) is 11.0. The largest absolute Gasteiger partial charge is 0.438 e. The number of aromatic nitrogens is 1. The van der Waals surface area contributed by atoms with Gasteiger partial charge in [-0.2, -0.15) is 0 Å². The van der Waals surface area contributed by atoms with Crippen molar-refractivity contribution in [1.82, 2.24) is 4.98 Å². The van der Waals surface area contributed by atoms with E-state index in [4.69, 9.17) is 9.47 Å². The van der Waals surface area contributed by atoms with Crippen LogP contribution in [0.2, 0.25) is 0 Å². The normalized spacial score (nSPS) is 10.2. The minimum atomic E-state index is 0.557. The van der Waals surface area contributed by atoms with E-state index in [2.05, 4.69) is 20.9 Å². The van der Waals surface area contributed by atoms with E-state index in [-0.39, 0.29) is 0 Å². The number of hydrogen-bond donors (Lipinski definition) is 0. The summed E-state index contributed by atoms with van der Waals surface area (Å²) in [6.45, 7) is 0.570. The van der Waals surface area contributed by atoms with Crippen LogP contribution in [0.15, 0.2) is 47.1 Å². The number of nitrogens with zero attached hydrogens (tertiary/aromatic N) is 1. The van der Waals surface area contributed by atoms with Crippen LogP contribution in [0.25, 0.3) is 0 Å². The van der Waals surface area contributed by atoms with Crippen LogP contribution in [0.1, 0.15) is 5.56 Å². The summed E-state index contributed by atoms with van der Waals surface area (Å²) < 4.78 is 11.6. The van der Waals surface area contributed by atoms with Crippen LogP contribution in [0, 0.1) is 0 Å². The lowest BCUT2D eigenvalue weighted by Crippen LogP contribution is -1.91. The van der Waals surface area contributed by atoms with Gasteiger partial charge in [0, 0.05) is 13.3 Å². The second-order valence-corrected chi connectivity index (χ2v) is 4.33. The van der Waals surface area contributed by atoms with E-state index in [0.717, 1.165) is 15.8 Å². The molecule has 17 heavy (non-hydrogen) atoms. The van der Waals surface area contributed by atoms with Crippen LogP contribution >= 0.6 is 15.9 Å². The molecule has 0 amide bonds. The molecule has 0 saturated heterocycles. The van der Waals surface area contributed by atoms with E-state index in [1.54, 1.807) is 13.3 Å². The van der Waals surface area contributed by atoms with Gasteiger partial charge in [-0.1, -0.05) is 12.1 Å². The molecule has 0 fully saturated rings. The highest BCUT2D eigenvalue weighted by Crippen LogP contribution is 2.27. The first-order chi connectivity index (χ1) is 8.29. The zero-order chi connectivity index (χ0) is 12.1. The standard InChI is InChI=1S/C13H12BrNO2/c1-16-9-10-4-2-5-11(8-10)17-13-12(14)6-3-7-15-13/h2-8H,9H2,1H3. The second kappa shape index (κ2) is 5.80. The Kier molecular flexibility index (Phi) is 4.12. The molecular weight excluding hydrogens is 282 g/mol. The quantitative estimate of drug-likeness (QED) is 0.860. The minimum absolute atomic E-state index is 0.557. The third kappa shape index (κ3) is 3.28. The first-order valence-corrected chi connectivity index (χ1v) is 5.95. The van der Waals surface area contributed by atoms with Gasteiger partial charge in [-0.3, -0.25) is 0 Å². The molecule has 0 saturated carbocycles. The van der Waals surface area contributed by atoms with Crippen molar-refractivity contribution in [2.24, 2.45) is 0 Å². The summed E-state index contributed by atoms with van der Waals surface area (Å²) in [7, 11) is 1.67. The van der Waals surface area contributed by atoms with Crippen molar-refractivity contribution in [2.45, 2.75) is 6.61 Å². The number of ether oxygens (including phenoxy) is 2. The van der Waals surface area contributed by atoms with Crippen LogP contribution in [-0.2, 0) is 11.3 Å². The van der Waals surface area contributed by atoms with Crippen molar-refractivity contribution in [3.8, 4) is 11.6 Å². The summed E-state index contributed by atoms with van der Waals surface area (Å²) >= 11 is 3.39. The fourth-order valence-electron chi connectivity index (χ4n) is 1.42. The number of halogens is 1. The van der Waals surface area contributed by atoms with Gasteiger partial charge in [0.15, 0.2) is 0 Å². The molecular formula is C13H12BrNO2. The molecule has 1 aromatic carbocycles. The molecule has 1 heterocycles. The fourth-order valence-corrected chi connectivity index (χ4v) is 1.76. The number of methoxy groups -OCH3 is 1. The second-order valence-electron chi connectivity index (χ2n) is 3.47. The molecule has 4 heteroatoms. The zero-order valence-electron chi connectivity index (χ0n) is 9.39. The maximum Gasteiger partial charge on any atom is 0.233 e. The van der Waals surface area contributed by atoms with Gasteiger partial charge in [0.25, 0.3) is 0 Å². The lowest BCUT2D eigenvalue weighted by molar-refractivity contribution is 0.184. The fraction of sp³-hybridized carbons (Fsp3) is 0.154. The van der Waals surface area contributed by atoms with Gasteiger partial charge >= 0.3 is 0 Å². The van der Waals surface area contributed by atoms with Crippen molar-refractivity contribution in [3.05, 3.63) is 52.6 Å². The predicted octanol–water partition coefficient (Wildman–Crippen LogP) is 3.78. The molecule has 0 radical (unpaired) electrons. The molecule has 0 bridgehead atoms. The third-order valence-electron chi connectivity index (χ3n) is 2.15. The molecule has 0 atom stereocenters. The highest BCUT2D eigenvalue weighted by atomic mass is 79.9. The molecule has 0 aliphatic rings. The molecule has 0 unspecified atom stereocenters. The molecule has 2 rings (SSSR count). The first-order valence-electron chi connectivity index (χ1n) is 5.16. The van der Waals surface area contributed by atoms with Crippen LogP contribution in [-0.4, -0.2) is 12.1 Å². The average Bonchev–Trinajstić information content (AvgIpc) is 2.33. The first kappa shape index (κ1) is 12.1. The molecule has 0 N–H and O–H groups in total. The Morgan fingerprint density at radius 1 is 1.24 bits per heavy atom.